The minimum Gasteiger partial charge on any atom is -0.497 e. The Morgan fingerprint density at radius 1 is 1.05 bits per heavy atom. The molecule has 0 N–H and O–H groups in total. The number of methoxy groups -OCH3 is 1. The largest absolute Gasteiger partial charge is 0.497 e. The Hall–Kier alpha value is -2.95. The van der Waals surface area contributed by atoms with Crippen LogP contribution in [0.15, 0.2) is 54.9 Å². The quantitative estimate of drug-likeness (QED) is 0.565. The van der Waals surface area contributed by atoms with Crippen molar-refractivity contribution in [3.05, 3.63) is 54.9 Å². The Balaban J connectivity index is 2.15. The minimum absolute atomic E-state index is 0.589. The van der Waals surface area contributed by atoms with Crippen molar-refractivity contribution in [3.63, 3.8) is 0 Å². The molecular formula is C16H12N4O. The molecule has 0 bridgehead atoms. The third kappa shape index (κ3) is 1.82. The van der Waals surface area contributed by atoms with E-state index in [1.54, 1.807) is 13.4 Å². The van der Waals surface area contributed by atoms with Gasteiger partial charge in [-0.05, 0) is 18.2 Å². The van der Waals surface area contributed by atoms with Crippen LogP contribution in [0.2, 0.25) is 0 Å². The average Bonchev–Trinajstić information content (AvgIpc) is 3.03. The lowest BCUT2D eigenvalue weighted by Gasteiger charge is -2.09. The van der Waals surface area contributed by atoms with E-state index in [-0.39, 0.29) is 0 Å². The van der Waals surface area contributed by atoms with E-state index in [0.717, 1.165) is 27.9 Å². The maximum Gasteiger partial charge on any atom is 0.255 e. The van der Waals surface area contributed by atoms with Crippen molar-refractivity contribution in [1.82, 2.24) is 19.6 Å². The fraction of sp³-hybridized carbons (Fsp3) is 0.0625. The smallest absolute Gasteiger partial charge is 0.255 e. The second-order valence-corrected chi connectivity index (χ2v) is 4.71. The monoisotopic (exact) mass is 276 g/mol. The molecule has 0 saturated carbocycles. The summed E-state index contributed by atoms with van der Waals surface area (Å²) in [6.07, 6.45) is 1.67. The molecule has 2 aromatic heterocycles. The molecule has 4 rings (SSSR count). The van der Waals surface area contributed by atoms with E-state index in [1.165, 1.54) is 0 Å². The predicted octanol–water partition coefficient (Wildman–Crippen LogP) is 2.95. The zero-order valence-corrected chi connectivity index (χ0v) is 11.4. The van der Waals surface area contributed by atoms with Gasteiger partial charge in [-0.2, -0.15) is 0 Å². The highest BCUT2D eigenvalue weighted by Gasteiger charge is 2.12. The predicted molar refractivity (Wildman–Crippen MR) is 80.3 cm³/mol. The molecule has 0 amide bonds. The Bertz CT molecular complexity index is 931. The lowest BCUT2D eigenvalue weighted by molar-refractivity contribution is 0.415. The lowest BCUT2D eigenvalue weighted by Crippen LogP contribution is -1.96. The van der Waals surface area contributed by atoms with Crippen LogP contribution in [-0.2, 0) is 0 Å². The van der Waals surface area contributed by atoms with Gasteiger partial charge in [0.05, 0.1) is 18.3 Å². The summed E-state index contributed by atoms with van der Waals surface area (Å²) in [5.41, 5.74) is 2.93. The molecule has 0 fully saturated rings. The molecule has 0 saturated heterocycles. The summed E-state index contributed by atoms with van der Waals surface area (Å²) in [5.74, 6) is 1.39. The van der Waals surface area contributed by atoms with Crippen molar-refractivity contribution in [2.45, 2.75) is 0 Å². The van der Waals surface area contributed by atoms with E-state index >= 15 is 0 Å². The summed E-state index contributed by atoms with van der Waals surface area (Å²) >= 11 is 0. The van der Waals surface area contributed by atoms with Crippen LogP contribution in [-0.4, -0.2) is 26.7 Å². The van der Waals surface area contributed by atoms with Crippen LogP contribution in [0.3, 0.4) is 0 Å². The summed E-state index contributed by atoms with van der Waals surface area (Å²) in [5, 5.41) is 9.02. The highest BCUT2D eigenvalue weighted by atomic mass is 16.5. The Labute approximate surface area is 120 Å². The van der Waals surface area contributed by atoms with Crippen molar-refractivity contribution >= 4 is 16.7 Å². The molecule has 5 nitrogen and oxygen atoms in total. The molecule has 0 spiro atoms. The number of nitrogens with zero attached hydrogens (tertiary/aromatic N) is 4. The second-order valence-electron chi connectivity index (χ2n) is 4.71. The zero-order chi connectivity index (χ0) is 14.2. The Morgan fingerprint density at radius 2 is 1.90 bits per heavy atom. The van der Waals surface area contributed by atoms with Gasteiger partial charge in [-0.3, -0.25) is 4.40 Å². The SMILES string of the molecule is COc1ccc2c(c1)c(-c1ccccc1)nc1nncn12. The van der Waals surface area contributed by atoms with Gasteiger partial charge in [0, 0.05) is 10.9 Å². The van der Waals surface area contributed by atoms with Crippen LogP contribution in [0.5, 0.6) is 5.75 Å². The van der Waals surface area contributed by atoms with E-state index in [4.69, 9.17) is 4.74 Å². The van der Waals surface area contributed by atoms with Crippen molar-refractivity contribution in [1.29, 1.82) is 0 Å². The topological polar surface area (TPSA) is 52.3 Å². The molecule has 21 heavy (non-hydrogen) atoms. The van der Waals surface area contributed by atoms with Gasteiger partial charge < -0.3 is 4.74 Å². The number of hydrogen-bond acceptors (Lipinski definition) is 4. The van der Waals surface area contributed by atoms with Gasteiger partial charge in [0.15, 0.2) is 0 Å². The maximum atomic E-state index is 5.34. The van der Waals surface area contributed by atoms with E-state index in [9.17, 15) is 0 Å². The molecule has 0 unspecified atom stereocenters. The van der Waals surface area contributed by atoms with Crippen molar-refractivity contribution in [2.24, 2.45) is 0 Å². The summed E-state index contributed by atoms with van der Waals surface area (Å²) < 4.78 is 7.21. The molecule has 5 heteroatoms. The fourth-order valence-electron chi connectivity index (χ4n) is 2.49. The average molecular weight is 276 g/mol. The first-order chi connectivity index (χ1) is 10.4. The molecule has 0 atom stereocenters. The van der Waals surface area contributed by atoms with Crippen LogP contribution in [0, 0.1) is 0 Å². The maximum absolute atomic E-state index is 5.34. The first-order valence-electron chi connectivity index (χ1n) is 6.60. The summed E-state index contributed by atoms with van der Waals surface area (Å²) in [6, 6.07) is 16.0. The second kappa shape index (κ2) is 4.56. The minimum atomic E-state index is 0.589. The molecular weight excluding hydrogens is 264 g/mol. The van der Waals surface area contributed by atoms with Gasteiger partial charge >= 0.3 is 0 Å². The first-order valence-corrected chi connectivity index (χ1v) is 6.60. The number of aromatic nitrogens is 4. The highest BCUT2D eigenvalue weighted by Crippen LogP contribution is 2.30. The summed E-state index contributed by atoms with van der Waals surface area (Å²) in [4.78, 5) is 4.64. The van der Waals surface area contributed by atoms with Crippen LogP contribution in [0.25, 0.3) is 27.9 Å². The Morgan fingerprint density at radius 3 is 2.71 bits per heavy atom. The molecule has 102 valence electrons. The third-order valence-corrected chi connectivity index (χ3v) is 3.51. The van der Waals surface area contributed by atoms with Gasteiger partial charge in [-0.25, -0.2) is 4.98 Å². The van der Waals surface area contributed by atoms with Gasteiger partial charge in [0.2, 0.25) is 0 Å². The van der Waals surface area contributed by atoms with Gasteiger partial charge in [0.1, 0.15) is 12.1 Å². The van der Waals surface area contributed by atoms with Crippen molar-refractivity contribution in [2.75, 3.05) is 7.11 Å². The van der Waals surface area contributed by atoms with Gasteiger partial charge in [-0.15, -0.1) is 10.2 Å². The fourth-order valence-corrected chi connectivity index (χ4v) is 2.49. The number of ether oxygens (including phenoxy) is 1. The summed E-state index contributed by atoms with van der Waals surface area (Å²) in [6.45, 7) is 0. The lowest BCUT2D eigenvalue weighted by atomic mass is 10.1. The van der Waals surface area contributed by atoms with Crippen LogP contribution in [0.1, 0.15) is 0 Å². The molecule has 2 aromatic carbocycles. The van der Waals surface area contributed by atoms with Crippen LogP contribution < -0.4 is 4.74 Å². The number of rotatable bonds is 2. The molecule has 2 heterocycles. The molecule has 0 aliphatic carbocycles. The standard InChI is InChI=1S/C16H12N4O/c1-21-12-7-8-14-13(9-12)15(11-5-3-2-4-6-11)18-16-19-17-10-20(14)16/h2-10H,1H3. The van der Waals surface area contributed by atoms with Crippen molar-refractivity contribution in [3.8, 4) is 17.0 Å². The van der Waals surface area contributed by atoms with Crippen molar-refractivity contribution < 1.29 is 4.74 Å². The summed E-state index contributed by atoms with van der Waals surface area (Å²) in [7, 11) is 1.66. The third-order valence-electron chi connectivity index (χ3n) is 3.51. The van der Waals surface area contributed by atoms with Gasteiger partial charge in [-0.1, -0.05) is 30.3 Å². The highest BCUT2D eigenvalue weighted by molar-refractivity contribution is 5.94. The van der Waals surface area contributed by atoms with E-state index < -0.39 is 0 Å². The number of benzene rings is 2. The molecule has 0 aliphatic rings. The van der Waals surface area contributed by atoms with E-state index in [0.29, 0.717) is 5.78 Å². The molecule has 4 aromatic rings. The normalized spacial score (nSPS) is 11.1. The van der Waals surface area contributed by atoms with Gasteiger partial charge in [0.25, 0.3) is 5.78 Å². The zero-order valence-electron chi connectivity index (χ0n) is 11.4. The first kappa shape index (κ1) is 11.8. The number of hydrogen-bond donors (Lipinski definition) is 0. The van der Waals surface area contributed by atoms with E-state index in [2.05, 4.69) is 15.2 Å². The Kier molecular flexibility index (Phi) is 2.57. The van der Waals surface area contributed by atoms with E-state index in [1.807, 2.05) is 52.9 Å². The molecule has 0 aliphatic heterocycles. The number of fused-ring (bicyclic) bond motifs is 3. The van der Waals surface area contributed by atoms with Crippen LogP contribution >= 0.6 is 0 Å². The molecule has 0 radical (unpaired) electrons. The van der Waals surface area contributed by atoms with Crippen LogP contribution in [0.4, 0.5) is 0 Å².